The first kappa shape index (κ1) is 7.53. The van der Waals surface area contributed by atoms with Gasteiger partial charge in [-0.3, -0.25) is 0 Å². The molecule has 11 heavy (non-hydrogen) atoms. The van der Waals surface area contributed by atoms with Crippen molar-refractivity contribution in [3.63, 3.8) is 0 Å². The Balaban J connectivity index is 3.20. The maximum absolute atomic E-state index is 12.7. The minimum atomic E-state index is -0.622. The van der Waals surface area contributed by atoms with Crippen LogP contribution in [0.3, 0.4) is 0 Å². The zero-order chi connectivity index (χ0) is 8.27. The van der Waals surface area contributed by atoms with Gasteiger partial charge in [0.25, 0.3) is 0 Å². The molecule has 0 fully saturated rings. The van der Waals surface area contributed by atoms with Gasteiger partial charge in [-0.25, -0.2) is 4.39 Å². The molecule has 2 N–H and O–H groups in total. The van der Waals surface area contributed by atoms with Crippen molar-refractivity contribution in [3.05, 3.63) is 29.6 Å². The van der Waals surface area contributed by atoms with Crippen LogP contribution in [0, 0.1) is 5.82 Å². The zero-order valence-electron chi connectivity index (χ0n) is 5.53. The number of aromatic hydroxyl groups is 1. The van der Waals surface area contributed by atoms with Crippen LogP contribution < -0.4 is 0 Å². The molecule has 1 rings (SSSR count). The average molecular weight is 155 g/mol. The Kier molecular flexibility index (Phi) is 2.06. The smallest absolute Gasteiger partial charge is 0.135 e. The van der Waals surface area contributed by atoms with E-state index in [1.807, 2.05) is 0 Å². The van der Waals surface area contributed by atoms with Crippen LogP contribution in [0.4, 0.5) is 4.39 Å². The number of phenolic OH excluding ortho intramolecular Hbond substituents is 1. The topological polar surface area (TPSA) is 52.8 Å². The summed E-state index contributed by atoms with van der Waals surface area (Å²) in [6.45, 7) is 0. The van der Waals surface area contributed by atoms with E-state index in [1.54, 1.807) is 0 Å². The molecular weight excluding hydrogens is 149 g/mol. The molecule has 0 saturated heterocycles. The van der Waals surface area contributed by atoms with Crippen LogP contribution in [0.15, 0.2) is 23.4 Å². The highest BCUT2D eigenvalue weighted by Gasteiger charge is 2.03. The van der Waals surface area contributed by atoms with Crippen LogP contribution in [0.25, 0.3) is 0 Å². The normalized spacial score (nSPS) is 10.6. The SMILES string of the molecule is O/N=C\c1c(O)cccc1F. The Hall–Kier alpha value is -1.58. The van der Waals surface area contributed by atoms with Crippen molar-refractivity contribution in [1.29, 1.82) is 0 Å². The number of rotatable bonds is 1. The fourth-order valence-electron chi connectivity index (χ4n) is 0.711. The van der Waals surface area contributed by atoms with Gasteiger partial charge in [-0.05, 0) is 12.1 Å². The van der Waals surface area contributed by atoms with Crippen molar-refractivity contribution >= 4 is 6.21 Å². The molecule has 0 heterocycles. The monoisotopic (exact) mass is 155 g/mol. The molecule has 0 amide bonds. The molecule has 0 aliphatic carbocycles. The van der Waals surface area contributed by atoms with Gasteiger partial charge in [-0.2, -0.15) is 0 Å². The highest BCUT2D eigenvalue weighted by molar-refractivity contribution is 5.83. The van der Waals surface area contributed by atoms with Gasteiger partial charge in [0.15, 0.2) is 0 Å². The van der Waals surface area contributed by atoms with Crippen molar-refractivity contribution in [1.82, 2.24) is 0 Å². The van der Waals surface area contributed by atoms with E-state index < -0.39 is 5.82 Å². The molecule has 0 aliphatic heterocycles. The number of halogens is 1. The predicted octanol–water partition coefficient (Wildman–Crippen LogP) is 1.34. The Labute approximate surface area is 62.4 Å². The molecule has 0 aliphatic rings. The van der Waals surface area contributed by atoms with E-state index >= 15 is 0 Å². The van der Waals surface area contributed by atoms with Gasteiger partial charge in [-0.1, -0.05) is 11.2 Å². The first-order valence-electron chi connectivity index (χ1n) is 2.90. The van der Waals surface area contributed by atoms with Gasteiger partial charge in [0.05, 0.1) is 11.8 Å². The lowest BCUT2D eigenvalue weighted by molar-refractivity contribution is 0.321. The summed E-state index contributed by atoms with van der Waals surface area (Å²) in [6.07, 6.45) is 0.838. The largest absolute Gasteiger partial charge is 0.507 e. The minimum Gasteiger partial charge on any atom is -0.507 e. The summed E-state index contributed by atoms with van der Waals surface area (Å²) in [6, 6.07) is 3.83. The molecule has 1 aromatic rings. The Morgan fingerprint density at radius 3 is 2.73 bits per heavy atom. The molecule has 58 valence electrons. The molecule has 0 atom stereocenters. The lowest BCUT2D eigenvalue weighted by Gasteiger charge is -1.97. The number of benzene rings is 1. The summed E-state index contributed by atoms with van der Waals surface area (Å²) in [7, 11) is 0. The molecule has 0 aromatic heterocycles. The summed E-state index contributed by atoms with van der Waals surface area (Å²) >= 11 is 0. The third-order valence-corrected chi connectivity index (χ3v) is 1.22. The Morgan fingerprint density at radius 1 is 1.45 bits per heavy atom. The first-order valence-corrected chi connectivity index (χ1v) is 2.90. The van der Waals surface area contributed by atoms with Gasteiger partial charge >= 0.3 is 0 Å². The predicted molar refractivity (Wildman–Crippen MR) is 37.4 cm³/mol. The van der Waals surface area contributed by atoms with Gasteiger partial charge in [0.1, 0.15) is 11.6 Å². The van der Waals surface area contributed by atoms with Crippen LogP contribution in [0.5, 0.6) is 5.75 Å². The maximum Gasteiger partial charge on any atom is 0.135 e. The number of phenols is 1. The summed E-state index contributed by atoms with van der Waals surface area (Å²) in [5, 5.41) is 19.6. The van der Waals surface area contributed by atoms with E-state index in [-0.39, 0.29) is 11.3 Å². The summed E-state index contributed by atoms with van der Waals surface area (Å²) in [4.78, 5) is 0. The number of hydrogen-bond donors (Lipinski definition) is 2. The molecular formula is C7H6FNO2. The lowest BCUT2D eigenvalue weighted by atomic mass is 10.2. The highest BCUT2D eigenvalue weighted by Crippen LogP contribution is 2.16. The van der Waals surface area contributed by atoms with E-state index in [9.17, 15) is 4.39 Å². The second-order valence-corrected chi connectivity index (χ2v) is 1.92. The molecule has 0 spiro atoms. The fourth-order valence-corrected chi connectivity index (χ4v) is 0.711. The fraction of sp³-hybridized carbons (Fsp3) is 0. The lowest BCUT2D eigenvalue weighted by Crippen LogP contribution is -1.87. The summed E-state index contributed by atoms with van der Waals surface area (Å²) in [5.41, 5.74) is -0.116. The van der Waals surface area contributed by atoms with E-state index in [4.69, 9.17) is 10.3 Å². The van der Waals surface area contributed by atoms with Crippen molar-refractivity contribution in [3.8, 4) is 5.75 Å². The van der Waals surface area contributed by atoms with Crippen molar-refractivity contribution in [2.75, 3.05) is 0 Å². The number of oxime groups is 1. The van der Waals surface area contributed by atoms with Crippen molar-refractivity contribution in [2.45, 2.75) is 0 Å². The van der Waals surface area contributed by atoms with E-state index in [2.05, 4.69) is 5.16 Å². The summed E-state index contributed by atoms with van der Waals surface area (Å²) < 4.78 is 12.7. The molecule has 3 nitrogen and oxygen atoms in total. The van der Waals surface area contributed by atoms with Gasteiger partial charge in [0.2, 0.25) is 0 Å². The van der Waals surface area contributed by atoms with Gasteiger partial charge in [-0.15, -0.1) is 0 Å². The Bertz CT molecular complexity index is 266. The standard InChI is InChI=1S/C7H6FNO2/c8-6-2-1-3-7(10)5(6)4-9-11/h1-4,10-11H/b9-4-. The van der Waals surface area contributed by atoms with Gasteiger partial charge < -0.3 is 10.3 Å². The molecule has 0 bridgehead atoms. The van der Waals surface area contributed by atoms with Crippen molar-refractivity contribution in [2.24, 2.45) is 5.16 Å². The van der Waals surface area contributed by atoms with E-state index in [1.165, 1.54) is 12.1 Å². The molecule has 1 aromatic carbocycles. The summed E-state index contributed by atoms with van der Waals surface area (Å²) in [5.74, 6) is -0.870. The van der Waals surface area contributed by atoms with E-state index in [0.29, 0.717) is 0 Å². The highest BCUT2D eigenvalue weighted by atomic mass is 19.1. The Morgan fingerprint density at radius 2 is 2.18 bits per heavy atom. The van der Waals surface area contributed by atoms with Crippen molar-refractivity contribution < 1.29 is 14.7 Å². The molecule has 0 radical (unpaired) electrons. The number of hydrogen-bond acceptors (Lipinski definition) is 3. The van der Waals surface area contributed by atoms with Crippen LogP contribution >= 0.6 is 0 Å². The van der Waals surface area contributed by atoms with Crippen LogP contribution in [0.2, 0.25) is 0 Å². The first-order chi connectivity index (χ1) is 5.25. The third-order valence-electron chi connectivity index (χ3n) is 1.22. The number of nitrogens with zero attached hydrogens (tertiary/aromatic N) is 1. The molecule has 0 unspecified atom stereocenters. The van der Waals surface area contributed by atoms with Gasteiger partial charge in [0, 0.05) is 0 Å². The second kappa shape index (κ2) is 3.01. The third kappa shape index (κ3) is 1.46. The molecule has 4 heteroatoms. The molecule has 0 saturated carbocycles. The quantitative estimate of drug-likeness (QED) is 0.365. The minimum absolute atomic E-state index is 0.116. The van der Waals surface area contributed by atoms with Crippen LogP contribution in [-0.4, -0.2) is 16.5 Å². The van der Waals surface area contributed by atoms with E-state index in [0.717, 1.165) is 12.3 Å². The zero-order valence-corrected chi connectivity index (χ0v) is 5.53. The maximum atomic E-state index is 12.7. The van der Waals surface area contributed by atoms with Crippen LogP contribution in [0.1, 0.15) is 5.56 Å². The average Bonchev–Trinajstić information content (AvgIpc) is 1.97. The van der Waals surface area contributed by atoms with Crippen LogP contribution in [-0.2, 0) is 0 Å². The second-order valence-electron chi connectivity index (χ2n) is 1.92.